The average Bonchev–Trinajstić information content (AvgIpc) is 3.08. The lowest BCUT2D eigenvalue weighted by molar-refractivity contribution is -0.143. The van der Waals surface area contributed by atoms with E-state index >= 15 is 0 Å². The van der Waals surface area contributed by atoms with Crippen molar-refractivity contribution >= 4 is 11.9 Å². The Balaban J connectivity index is 3.50. The van der Waals surface area contributed by atoms with E-state index in [1.54, 1.807) is 6.08 Å². The van der Waals surface area contributed by atoms with Gasteiger partial charge in [-0.05, 0) is 32.1 Å². The summed E-state index contributed by atoms with van der Waals surface area (Å²) >= 11 is 0. The van der Waals surface area contributed by atoms with Gasteiger partial charge in [-0.3, -0.25) is 9.59 Å². The maximum absolute atomic E-state index is 12.3. The maximum atomic E-state index is 12.3. The molecule has 6 heteroatoms. The summed E-state index contributed by atoms with van der Waals surface area (Å²) in [5, 5.41) is 22.8. The van der Waals surface area contributed by atoms with E-state index < -0.39 is 12.1 Å². The summed E-state index contributed by atoms with van der Waals surface area (Å²) in [5.74, 6) is -0.107. The lowest BCUT2D eigenvalue weighted by atomic mass is 10.0. The Labute approximate surface area is 298 Å². The summed E-state index contributed by atoms with van der Waals surface area (Å²) < 4.78 is 5.42. The number of nitrogens with one attached hydrogen (secondary N) is 1. The molecular formula is C42H81NO5. The van der Waals surface area contributed by atoms with E-state index in [-0.39, 0.29) is 18.5 Å². The highest BCUT2D eigenvalue weighted by molar-refractivity contribution is 5.76. The normalized spacial score (nSPS) is 12.8. The van der Waals surface area contributed by atoms with Crippen molar-refractivity contribution in [1.82, 2.24) is 5.32 Å². The van der Waals surface area contributed by atoms with Crippen LogP contribution in [0.15, 0.2) is 12.2 Å². The first-order valence-electron chi connectivity index (χ1n) is 21.0. The van der Waals surface area contributed by atoms with Crippen LogP contribution < -0.4 is 5.32 Å². The quantitative estimate of drug-likeness (QED) is 0.0343. The fraction of sp³-hybridized carbons (Fsp3) is 0.905. The molecule has 0 fully saturated rings. The average molecular weight is 680 g/mol. The van der Waals surface area contributed by atoms with Crippen LogP contribution in [0.5, 0.6) is 0 Å². The van der Waals surface area contributed by atoms with E-state index in [9.17, 15) is 19.8 Å². The Morgan fingerprint density at radius 2 is 0.958 bits per heavy atom. The van der Waals surface area contributed by atoms with Gasteiger partial charge in [0.05, 0.1) is 25.4 Å². The topological polar surface area (TPSA) is 95.9 Å². The lowest BCUT2D eigenvalue weighted by Gasteiger charge is -2.20. The molecule has 0 aromatic rings. The molecular weight excluding hydrogens is 598 g/mol. The van der Waals surface area contributed by atoms with Gasteiger partial charge in [-0.15, -0.1) is 0 Å². The van der Waals surface area contributed by atoms with Gasteiger partial charge >= 0.3 is 5.97 Å². The number of hydrogen-bond donors (Lipinski definition) is 3. The van der Waals surface area contributed by atoms with Crippen molar-refractivity contribution in [3.05, 3.63) is 12.2 Å². The Morgan fingerprint density at radius 1 is 0.562 bits per heavy atom. The molecule has 0 aliphatic rings. The fourth-order valence-corrected chi connectivity index (χ4v) is 6.28. The maximum Gasteiger partial charge on any atom is 0.305 e. The third-order valence-corrected chi connectivity index (χ3v) is 9.56. The van der Waals surface area contributed by atoms with Crippen LogP contribution in [0.3, 0.4) is 0 Å². The van der Waals surface area contributed by atoms with Gasteiger partial charge in [0.2, 0.25) is 5.91 Å². The molecule has 48 heavy (non-hydrogen) atoms. The molecule has 0 aliphatic heterocycles. The van der Waals surface area contributed by atoms with Crippen molar-refractivity contribution in [3.8, 4) is 0 Å². The second-order valence-electron chi connectivity index (χ2n) is 14.3. The first-order chi connectivity index (χ1) is 23.5. The van der Waals surface area contributed by atoms with Gasteiger partial charge in [-0.2, -0.15) is 0 Å². The largest absolute Gasteiger partial charge is 0.466 e. The van der Waals surface area contributed by atoms with Crippen LogP contribution in [0.2, 0.25) is 0 Å². The molecule has 2 unspecified atom stereocenters. The summed E-state index contributed by atoms with van der Waals surface area (Å²) in [4.78, 5) is 24.2. The van der Waals surface area contributed by atoms with E-state index in [1.807, 2.05) is 6.08 Å². The third kappa shape index (κ3) is 34.5. The molecule has 6 nitrogen and oxygen atoms in total. The molecule has 0 saturated carbocycles. The monoisotopic (exact) mass is 680 g/mol. The second kappa shape index (κ2) is 38.4. The van der Waals surface area contributed by atoms with Crippen molar-refractivity contribution in [2.45, 2.75) is 231 Å². The number of allylic oxidation sites excluding steroid dienone is 1. The molecule has 2 atom stereocenters. The van der Waals surface area contributed by atoms with Gasteiger partial charge in [-0.1, -0.05) is 187 Å². The smallest absolute Gasteiger partial charge is 0.305 e. The SMILES string of the molecule is CCCCCCCCC/C=C/C(O)C(CO)NC(=O)CCCCCCCCCCCCCOC(=O)CCCCCCCCCCCCC. The van der Waals surface area contributed by atoms with Gasteiger partial charge in [-0.25, -0.2) is 0 Å². The Hall–Kier alpha value is -1.40. The van der Waals surface area contributed by atoms with Crippen molar-refractivity contribution < 1.29 is 24.5 Å². The van der Waals surface area contributed by atoms with Crippen LogP contribution in [-0.4, -0.2) is 47.4 Å². The van der Waals surface area contributed by atoms with Crippen LogP contribution >= 0.6 is 0 Å². The van der Waals surface area contributed by atoms with Crippen molar-refractivity contribution in [3.63, 3.8) is 0 Å². The van der Waals surface area contributed by atoms with Crippen LogP contribution in [0.25, 0.3) is 0 Å². The number of rotatable bonds is 38. The number of hydrogen-bond acceptors (Lipinski definition) is 5. The number of carbonyl (C=O) groups is 2. The van der Waals surface area contributed by atoms with Crippen molar-refractivity contribution in [2.24, 2.45) is 0 Å². The summed E-state index contributed by atoms with van der Waals surface area (Å²) in [6.07, 6.45) is 40.5. The molecule has 0 aliphatic carbocycles. The fourth-order valence-electron chi connectivity index (χ4n) is 6.28. The predicted octanol–water partition coefficient (Wildman–Crippen LogP) is 11.4. The zero-order valence-corrected chi connectivity index (χ0v) is 32.0. The minimum absolute atomic E-state index is 0.0169. The summed E-state index contributed by atoms with van der Waals surface area (Å²) in [5.41, 5.74) is 0. The first-order valence-corrected chi connectivity index (χ1v) is 21.0. The molecule has 1 amide bonds. The van der Waals surface area contributed by atoms with Crippen LogP contribution in [-0.2, 0) is 14.3 Å². The number of unbranched alkanes of at least 4 members (excludes halogenated alkanes) is 27. The number of ether oxygens (including phenoxy) is 1. The molecule has 284 valence electrons. The van der Waals surface area contributed by atoms with E-state index in [0.717, 1.165) is 57.8 Å². The van der Waals surface area contributed by atoms with Gasteiger partial charge in [0.1, 0.15) is 0 Å². The van der Waals surface area contributed by atoms with Crippen LogP contribution in [0.4, 0.5) is 0 Å². The summed E-state index contributed by atoms with van der Waals surface area (Å²) in [7, 11) is 0. The number of aliphatic hydroxyl groups excluding tert-OH is 2. The van der Waals surface area contributed by atoms with E-state index in [2.05, 4.69) is 19.2 Å². The number of esters is 1. The standard InChI is InChI=1S/C42H81NO5/c1-3-5-7-9-11-13-15-20-24-28-32-36-42(47)48-37-33-29-25-21-17-14-16-19-23-27-31-35-41(46)43-39(38-44)40(45)34-30-26-22-18-12-10-8-6-4-2/h30,34,39-40,44-45H,3-29,31-33,35-38H2,1-2H3,(H,43,46)/b34-30+. The first kappa shape index (κ1) is 46.6. The molecule has 0 aromatic carbocycles. The zero-order chi connectivity index (χ0) is 35.2. The molecule has 3 N–H and O–H groups in total. The minimum Gasteiger partial charge on any atom is -0.466 e. The molecule has 0 rings (SSSR count). The Kier molecular flexibility index (Phi) is 37.3. The number of amides is 1. The number of aliphatic hydroxyl groups is 2. The zero-order valence-electron chi connectivity index (χ0n) is 32.0. The Bertz CT molecular complexity index is 712. The minimum atomic E-state index is -0.852. The van der Waals surface area contributed by atoms with Gasteiger partial charge < -0.3 is 20.3 Å². The van der Waals surface area contributed by atoms with Crippen LogP contribution in [0.1, 0.15) is 219 Å². The second-order valence-corrected chi connectivity index (χ2v) is 14.3. The molecule has 0 saturated heterocycles. The number of carbonyl (C=O) groups excluding carboxylic acids is 2. The van der Waals surface area contributed by atoms with E-state index in [1.165, 1.54) is 135 Å². The molecule has 0 radical (unpaired) electrons. The highest BCUT2D eigenvalue weighted by atomic mass is 16.5. The van der Waals surface area contributed by atoms with Gasteiger partial charge in [0.25, 0.3) is 0 Å². The van der Waals surface area contributed by atoms with Crippen LogP contribution in [0, 0.1) is 0 Å². The van der Waals surface area contributed by atoms with Crippen molar-refractivity contribution in [1.29, 1.82) is 0 Å². The Morgan fingerprint density at radius 3 is 1.42 bits per heavy atom. The molecule has 0 aromatic heterocycles. The molecule has 0 bridgehead atoms. The summed E-state index contributed by atoms with van der Waals surface area (Å²) in [6, 6.07) is -0.637. The highest BCUT2D eigenvalue weighted by Gasteiger charge is 2.18. The third-order valence-electron chi connectivity index (χ3n) is 9.56. The van der Waals surface area contributed by atoms with Crippen molar-refractivity contribution in [2.75, 3.05) is 13.2 Å². The highest BCUT2D eigenvalue weighted by Crippen LogP contribution is 2.14. The van der Waals surface area contributed by atoms with Gasteiger partial charge in [0.15, 0.2) is 0 Å². The summed E-state index contributed by atoms with van der Waals surface area (Å²) in [6.45, 7) is 4.81. The van der Waals surface area contributed by atoms with Gasteiger partial charge in [0, 0.05) is 12.8 Å². The predicted molar refractivity (Wildman–Crippen MR) is 204 cm³/mol. The van der Waals surface area contributed by atoms with E-state index in [0.29, 0.717) is 19.4 Å². The molecule has 0 spiro atoms. The molecule has 0 heterocycles. The lowest BCUT2D eigenvalue weighted by Crippen LogP contribution is -2.45. The van der Waals surface area contributed by atoms with E-state index in [4.69, 9.17) is 4.74 Å².